The van der Waals surface area contributed by atoms with Crippen LogP contribution >= 0.6 is 34.8 Å². The van der Waals surface area contributed by atoms with Gasteiger partial charge in [0.05, 0.1) is 17.0 Å². The number of benzene rings is 2. The van der Waals surface area contributed by atoms with Crippen molar-refractivity contribution in [3.05, 3.63) is 63.1 Å². The van der Waals surface area contributed by atoms with E-state index in [4.69, 9.17) is 34.8 Å². The lowest BCUT2D eigenvalue weighted by Crippen LogP contribution is -2.53. The predicted molar refractivity (Wildman–Crippen MR) is 145 cm³/mol. The van der Waals surface area contributed by atoms with E-state index >= 15 is 0 Å². The molecule has 36 heavy (non-hydrogen) atoms. The number of hydrogen-bond donors (Lipinski definition) is 1. The summed E-state index contributed by atoms with van der Waals surface area (Å²) >= 11 is 19.0. The van der Waals surface area contributed by atoms with E-state index in [0.29, 0.717) is 15.6 Å². The molecule has 1 fully saturated rings. The van der Waals surface area contributed by atoms with Crippen molar-refractivity contribution >= 4 is 62.3 Å². The number of para-hydroxylation sites is 1. The molecule has 196 valence electrons. The third-order valence-corrected chi connectivity index (χ3v) is 8.46. The van der Waals surface area contributed by atoms with Gasteiger partial charge in [-0.25, -0.2) is 8.42 Å². The minimum absolute atomic E-state index is 0.0465. The first-order chi connectivity index (χ1) is 17.0. The van der Waals surface area contributed by atoms with E-state index in [9.17, 15) is 18.0 Å². The Morgan fingerprint density at radius 3 is 2.14 bits per heavy atom. The minimum Gasteiger partial charge on any atom is -0.352 e. The highest BCUT2D eigenvalue weighted by Gasteiger charge is 2.32. The summed E-state index contributed by atoms with van der Waals surface area (Å²) in [5.74, 6) is -0.912. The van der Waals surface area contributed by atoms with E-state index in [0.717, 1.165) is 42.7 Å². The van der Waals surface area contributed by atoms with E-state index in [1.54, 1.807) is 43.3 Å². The van der Waals surface area contributed by atoms with E-state index in [1.165, 1.54) is 11.0 Å². The fourth-order valence-corrected chi connectivity index (χ4v) is 5.92. The molecule has 2 aromatic carbocycles. The Bertz CT molecular complexity index is 1180. The van der Waals surface area contributed by atoms with Crippen LogP contribution in [0.1, 0.15) is 44.6 Å². The van der Waals surface area contributed by atoms with Crippen LogP contribution in [0.4, 0.5) is 5.69 Å². The van der Waals surface area contributed by atoms with Gasteiger partial charge in [0.2, 0.25) is 21.8 Å². The van der Waals surface area contributed by atoms with Crippen molar-refractivity contribution in [1.82, 2.24) is 10.2 Å². The predicted octanol–water partition coefficient (Wildman–Crippen LogP) is 5.28. The molecule has 11 heteroatoms. The van der Waals surface area contributed by atoms with Gasteiger partial charge in [-0.2, -0.15) is 0 Å². The number of nitrogens with zero attached hydrogens (tertiary/aromatic N) is 2. The van der Waals surface area contributed by atoms with Gasteiger partial charge in [0.1, 0.15) is 12.6 Å². The van der Waals surface area contributed by atoms with Gasteiger partial charge in [-0.3, -0.25) is 13.9 Å². The van der Waals surface area contributed by atoms with Crippen LogP contribution < -0.4 is 9.62 Å². The third kappa shape index (κ3) is 7.28. The number of carbonyl (C=O) groups is 2. The normalized spacial score (nSPS) is 15.2. The van der Waals surface area contributed by atoms with Crippen LogP contribution in [0.5, 0.6) is 0 Å². The molecule has 3 rings (SSSR count). The second-order valence-corrected chi connectivity index (χ2v) is 12.1. The molecule has 7 nitrogen and oxygen atoms in total. The van der Waals surface area contributed by atoms with Crippen molar-refractivity contribution < 1.29 is 18.0 Å². The molecular weight excluding hydrogens is 545 g/mol. The molecule has 1 saturated carbocycles. The molecule has 0 saturated heterocycles. The second-order valence-electron chi connectivity index (χ2n) is 8.96. The Morgan fingerprint density at radius 2 is 1.56 bits per heavy atom. The average Bonchev–Trinajstić information content (AvgIpc) is 2.82. The number of carbonyl (C=O) groups excluding carboxylic acids is 2. The van der Waals surface area contributed by atoms with Crippen molar-refractivity contribution in [3.63, 3.8) is 0 Å². The van der Waals surface area contributed by atoms with Crippen LogP contribution in [0.15, 0.2) is 42.5 Å². The fraction of sp³-hybridized carbons (Fsp3) is 0.440. The molecule has 0 heterocycles. The monoisotopic (exact) mass is 573 g/mol. The first-order valence-corrected chi connectivity index (χ1v) is 14.7. The zero-order chi connectivity index (χ0) is 26.5. The molecular formula is C25H30Cl3N3O4S. The Labute approximate surface area is 227 Å². The molecule has 1 aliphatic rings. The molecule has 0 unspecified atom stereocenters. The van der Waals surface area contributed by atoms with E-state index in [-0.39, 0.29) is 29.2 Å². The molecule has 2 aromatic rings. The molecule has 1 N–H and O–H groups in total. The van der Waals surface area contributed by atoms with Gasteiger partial charge in [-0.05, 0) is 44.0 Å². The molecule has 1 aliphatic carbocycles. The van der Waals surface area contributed by atoms with Crippen molar-refractivity contribution in [2.75, 3.05) is 17.1 Å². The summed E-state index contributed by atoms with van der Waals surface area (Å²) in [6.07, 6.45) is 5.99. The van der Waals surface area contributed by atoms with Crippen molar-refractivity contribution in [2.45, 2.75) is 57.7 Å². The van der Waals surface area contributed by atoms with Crippen LogP contribution in [-0.4, -0.2) is 50.0 Å². The average molecular weight is 575 g/mol. The molecule has 0 aromatic heterocycles. The standard InChI is InChI=1S/C25H30Cl3N3O4S/c1-17(25(33)29-18-9-4-3-5-10-18)30(15-19-20(26)12-8-13-21(19)27)24(32)16-31(36(2,34)35)23-14-7-6-11-22(23)28/h6-8,11-14,17-18H,3-5,9-10,15-16H2,1-2H3,(H,29,33)/t17-/m1/s1. The zero-order valence-corrected chi connectivity index (χ0v) is 23.3. The van der Waals surface area contributed by atoms with Crippen LogP contribution in [0.3, 0.4) is 0 Å². The van der Waals surface area contributed by atoms with Crippen LogP contribution in [-0.2, 0) is 26.2 Å². The third-order valence-electron chi connectivity index (χ3n) is 6.31. The maximum atomic E-state index is 13.7. The first-order valence-electron chi connectivity index (χ1n) is 11.7. The van der Waals surface area contributed by atoms with E-state index in [1.807, 2.05) is 0 Å². The first kappa shape index (κ1) is 28.6. The lowest BCUT2D eigenvalue weighted by Gasteiger charge is -2.33. The molecule has 0 bridgehead atoms. The second kappa shape index (κ2) is 12.5. The summed E-state index contributed by atoms with van der Waals surface area (Å²) in [7, 11) is -3.88. The number of amides is 2. The summed E-state index contributed by atoms with van der Waals surface area (Å²) in [5.41, 5.74) is 0.639. The van der Waals surface area contributed by atoms with Gasteiger partial charge in [0, 0.05) is 28.2 Å². The lowest BCUT2D eigenvalue weighted by molar-refractivity contribution is -0.139. The molecule has 0 aliphatic heterocycles. The Morgan fingerprint density at radius 1 is 0.972 bits per heavy atom. The minimum atomic E-state index is -3.88. The molecule has 0 spiro atoms. The highest BCUT2D eigenvalue weighted by Crippen LogP contribution is 2.29. The fourth-order valence-electron chi connectivity index (χ4n) is 4.25. The van der Waals surface area contributed by atoms with Gasteiger partial charge < -0.3 is 10.2 Å². The topological polar surface area (TPSA) is 86.8 Å². The number of rotatable bonds is 9. The summed E-state index contributed by atoms with van der Waals surface area (Å²) in [6, 6.07) is 10.5. The SMILES string of the molecule is C[C@H](C(=O)NC1CCCCC1)N(Cc1c(Cl)cccc1Cl)C(=O)CN(c1ccccc1Cl)S(C)(=O)=O. The number of halogens is 3. The van der Waals surface area contributed by atoms with Crippen LogP contribution in [0, 0.1) is 0 Å². The van der Waals surface area contributed by atoms with E-state index in [2.05, 4.69) is 5.32 Å². The lowest BCUT2D eigenvalue weighted by atomic mass is 9.95. The summed E-state index contributed by atoms with van der Waals surface area (Å²) < 4.78 is 26.2. The summed E-state index contributed by atoms with van der Waals surface area (Å²) in [4.78, 5) is 28.2. The molecule has 0 radical (unpaired) electrons. The number of sulfonamides is 1. The maximum Gasteiger partial charge on any atom is 0.244 e. The van der Waals surface area contributed by atoms with Gasteiger partial charge in [0.25, 0.3) is 0 Å². The van der Waals surface area contributed by atoms with Gasteiger partial charge in [0.15, 0.2) is 0 Å². The van der Waals surface area contributed by atoms with Gasteiger partial charge in [-0.1, -0.05) is 72.3 Å². The van der Waals surface area contributed by atoms with Crippen molar-refractivity contribution in [1.29, 1.82) is 0 Å². The van der Waals surface area contributed by atoms with Gasteiger partial charge in [-0.15, -0.1) is 0 Å². The highest BCUT2D eigenvalue weighted by atomic mass is 35.5. The smallest absolute Gasteiger partial charge is 0.244 e. The highest BCUT2D eigenvalue weighted by molar-refractivity contribution is 7.92. The zero-order valence-electron chi connectivity index (χ0n) is 20.2. The largest absolute Gasteiger partial charge is 0.352 e. The van der Waals surface area contributed by atoms with Crippen LogP contribution in [0.2, 0.25) is 15.1 Å². The summed E-state index contributed by atoms with van der Waals surface area (Å²) in [5, 5.41) is 3.90. The van der Waals surface area contributed by atoms with E-state index < -0.39 is 28.5 Å². The Hall–Kier alpha value is -2.00. The number of anilines is 1. The van der Waals surface area contributed by atoms with Crippen molar-refractivity contribution in [3.8, 4) is 0 Å². The van der Waals surface area contributed by atoms with Gasteiger partial charge >= 0.3 is 0 Å². The van der Waals surface area contributed by atoms with Crippen molar-refractivity contribution in [2.24, 2.45) is 0 Å². The van der Waals surface area contributed by atoms with Crippen LogP contribution in [0.25, 0.3) is 0 Å². The Kier molecular flexibility index (Phi) is 9.92. The Balaban J connectivity index is 1.92. The molecule has 2 amide bonds. The maximum absolute atomic E-state index is 13.7. The quantitative estimate of drug-likeness (QED) is 0.442. The number of nitrogens with one attached hydrogen (secondary N) is 1. The summed E-state index contributed by atoms with van der Waals surface area (Å²) in [6.45, 7) is 0.990. The number of hydrogen-bond acceptors (Lipinski definition) is 4. The molecule has 1 atom stereocenters.